The van der Waals surface area contributed by atoms with E-state index in [0.29, 0.717) is 5.56 Å². The molecule has 0 aromatic carbocycles. The Balaban J connectivity index is 1.56. The molecule has 0 saturated heterocycles. The van der Waals surface area contributed by atoms with Gasteiger partial charge in [0.25, 0.3) is 10.0 Å². The van der Waals surface area contributed by atoms with Crippen molar-refractivity contribution in [3.05, 3.63) is 48.1 Å². The van der Waals surface area contributed by atoms with E-state index in [1.54, 1.807) is 0 Å². The van der Waals surface area contributed by atoms with Gasteiger partial charge < -0.3 is 9.26 Å². The fourth-order valence-corrected chi connectivity index (χ4v) is 2.47. The number of amides is 1. The zero-order chi connectivity index (χ0) is 21.9. The van der Waals surface area contributed by atoms with Crippen molar-refractivity contribution in [2.45, 2.75) is 17.8 Å². The van der Waals surface area contributed by atoms with Crippen LogP contribution in [0.15, 0.2) is 46.2 Å². The third kappa shape index (κ3) is 5.26. The van der Waals surface area contributed by atoms with Crippen LogP contribution in [-0.4, -0.2) is 34.6 Å². The highest BCUT2D eigenvalue weighted by Gasteiger charge is 2.38. The number of carbonyl (C=O) groups is 1. The number of pyridine rings is 2. The molecular weight excluding hydrogens is 433 g/mol. The number of primary sulfonamides is 1. The first-order valence-corrected chi connectivity index (χ1v) is 9.36. The largest absolute Gasteiger partial charge is 0.471 e. The van der Waals surface area contributed by atoms with Crippen LogP contribution in [0.3, 0.4) is 0 Å². The van der Waals surface area contributed by atoms with Crippen molar-refractivity contribution in [2.75, 3.05) is 5.32 Å². The van der Waals surface area contributed by atoms with E-state index in [-0.39, 0.29) is 28.8 Å². The van der Waals surface area contributed by atoms with Crippen LogP contribution in [0.25, 0.3) is 11.4 Å². The van der Waals surface area contributed by atoms with Gasteiger partial charge in [0.2, 0.25) is 5.82 Å². The van der Waals surface area contributed by atoms with Crippen LogP contribution in [0.4, 0.5) is 23.8 Å². The molecule has 0 spiro atoms. The number of halogens is 3. The van der Waals surface area contributed by atoms with Crippen molar-refractivity contribution in [3.8, 4) is 11.4 Å². The molecule has 0 atom stereocenters. The Kier molecular flexibility index (Phi) is 5.66. The van der Waals surface area contributed by atoms with Crippen molar-refractivity contribution < 1.29 is 35.6 Å². The minimum atomic E-state index is -4.77. The van der Waals surface area contributed by atoms with Crippen molar-refractivity contribution in [2.24, 2.45) is 5.14 Å². The van der Waals surface area contributed by atoms with Crippen molar-refractivity contribution in [1.29, 1.82) is 0 Å². The highest BCUT2D eigenvalue weighted by atomic mass is 32.2. The molecule has 3 rings (SSSR count). The van der Waals surface area contributed by atoms with Crippen molar-refractivity contribution in [3.63, 3.8) is 0 Å². The molecule has 11 nitrogen and oxygen atoms in total. The summed E-state index contributed by atoms with van der Waals surface area (Å²) in [5.41, 5.74) is 0.535. The van der Waals surface area contributed by atoms with Gasteiger partial charge in [-0.3, -0.25) is 5.32 Å². The van der Waals surface area contributed by atoms with E-state index in [0.717, 1.165) is 12.3 Å². The molecule has 15 heteroatoms. The van der Waals surface area contributed by atoms with Gasteiger partial charge in [0, 0.05) is 23.5 Å². The molecule has 158 valence electrons. The molecule has 3 aromatic rings. The summed E-state index contributed by atoms with van der Waals surface area (Å²) in [5.74, 6) is -1.76. The lowest BCUT2D eigenvalue weighted by Gasteiger charge is -2.07. The normalized spacial score (nSPS) is 11.9. The molecule has 0 radical (unpaired) electrons. The van der Waals surface area contributed by atoms with Crippen LogP contribution in [-0.2, 0) is 27.5 Å². The molecule has 3 heterocycles. The SMILES string of the molecule is NS(=O)(=O)c1ccc(COC(=O)Nc2ccc(-c3noc(C(F)(F)F)n3)cn2)cn1. The zero-order valence-electron chi connectivity index (χ0n) is 14.6. The van der Waals surface area contributed by atoms with Gasteiger partial charge in [0.1, 0.15) is 12.4 Å². The minimum Gasteiger partial charge on any atom is -0.444 e. The van der Waals surface area contributed by atoms with E-state index in [2.05, 4.69) is 29.9 Å². The predicted octanol–water partition coefficient (Wildman–Crippen LogP) is 1.94. The van der Waals surface area contributed by atoms with Gasteiger partial charge in [-0.1, -0.05) is 11.2 Å². The van der Waals surface area contributed by atoms with Crippen LogP contribution in [0, 0.1) is 0 Å². The lowest BCUT2D eigenvalue weighted by molar-refractivity contribution is -0.159. The van der Waals surface area contributed by atoms with Gasteiger partial charge in [-0.25, -0.2) is 28.3 Å². The lowest BCUT2D eigenvalue weighted by atomic mass is 10.2. The van der Waals surface area contributed by atoms with E-state index in [1.807, 2.05) is 0 Å². The van der Waals surface area contributed by atoms with Gasteiger partial charge in [-0.05, 0) is 18.2 Å². The number of hydrogen-bond acceptors (Lipinski definition) is 9. The first-order chi connectivity index (χ1) is 14.0. The summed E-state index contributed by atoms with van der Waals surface area (Å²) in [7, 11) is -3.93. The van der Waals surface area contributed by atoms with E-state index < -0.39 is 28.2 Å². The number of rotatable bonds is 5. The summed E-state index contributed by atoms with van der Waals surface area (Å²) >= 11 is 0. The first-order valence-electron chi connectivity index (χ1n) is 7.81. The minimum absolute atomic E-state index is 0.0472. The van der Waals surface area contributed by atoms with Gasteiger partial charge >= 0.3 is 18.2 Å². The van der Waals surface area contributed by atoms with Crippen LogP contribution in [0.1, 0.15) is 11.5 Å². The number of nitrogens with one attached hydrogen (secondary N) is 1. The molecule has 30 heavy (non-hydrogen) atoms. The molecule has 0 aliphatic rings. The number of sulfonamides is 1. The average molecular weight is 444 g/mol. The number of anilines is 1. The fraction of sp³-hybridized carbons (Fsp3) is 0.133. The standard InChI is InChI=1S/C15H11F3N6O5S/c16-15(17,18)13-23-12(24-29-13)9-2-3-10(20-6-9)22-14(25)28-7-8-1-4-11(21-5-8)30(19,26)27/h1-6H,7H2,(H2,19,26,27)(H,20,22,25). The second-order valence-corrected chi connectivity index (χ2v) is 7.11. The van der Waals surface area contributed by atoms with Gasteiger partial charge in [-0.15, -0.1) is 0 Å². The Labute approximate surface area is 166 Å². The van der Waals surface area contributed by atoms with Crippen LogP contribution in [0.5, 0.6) is 0 Å². The summed E-state index contributed by atoms with van der Waals surface area (Å²) in [6.45, 7) is -0.217. The summed E-state index contributed by atoms with van der Waals surface area (Å²) in [6, 6.07) is 5.15. The van der Waals surface area contributed by atoms with Gasteiger partial charge in [0.05, 0.1) is 0 Å². The molecule has 1 amide bonds. The Hall–Kier alpha value is -3.59. The second kappa shape index (κ2) is 8.03. The molecule has 0 saturated carbocycles. The Morgan fingerprint density at radius 3 is 2.47 bits per heavy atom. The molecule has 0 bridgehead atoms. The fourth-order valence-electron chi connectivity index (χ4n) is 2.01. The summed E-state index contributed by atoms with van der Waals surface area (Å²) in [4.78, 5) is 22.5. The summed E-state index contributed by atoms with van der Waals surface area (Å²) in [5, 5.41) is 10.1. The topological polar surface area (TPSA) is 163 Å². The summed E-state index contributed by atoms with van der Waals surface area (Å²) < 4.78 is 68.8. The number of hydrogen-bond donors (Lipinski definition) is 2. The lowest BCUT2D eigenvalue weighted by Crippen LogP contribution is -2.15. The molecule has 3 N–H and O–H groups in total. The van der Waals surface area contributed by atoms with E-state index in [4.69, 9.17) is 9.88 Å². The number of nitrogens with zero attached hydrogens (tertiary/aromatic N) is 4. The third-order valence-corrected chi connectivity index (χ3v) is 4.20. The Bertz CT molecular complexity index is 1150. The van der Waals surface area contributed by atoms with Gasteiger partial charge in [0.15, 0.2) is 5.03 Å². The monoisotopic (exact) mass is 444 g/mol. The number of alkyl halides is 3. The maximum atomic E-state index is 12.5. The number of carbonyl (C=O) groups excluding carboxylic acids is 1. The molecule has 0 aliphatic heterocycles. The predicted molar refractivity (Wildman–Crippen MR) is 91.9 cm³/mol. The maximum absolute atomic E-state index is 12.5. The average Bonchev–Trinajstić information content (AvgIpc) is 3.17. The van der Waals surface area contributed by atoms with Crippen molar-refractivity contribution >= 4 is 21.9 Å². The van der Waals surface area contributed by atoms with E-state index >= 15 is 0 Å². The highest BCUT2D eigenvalue weighted by molar-refractivity contribution is 7.89. The number of ether oxygens (including phenoxy) is 1. The Morgan fingerprint density at radius 1 is 1.17 bits per heavy atom. The zero-order valence-corrected chi connectivity index (χ0v) is 15.4. The van der Waals surface area contributed by atoms with Crippen LogP contribution < -0.4 is 10.5 Å². The van der Waals surface area contributed by atoms with Gasteiger partial charge in [-0.2, -0.15) is 18.2 Å². The molecular formula is C15H11F3N6O5S. The summed E-state index contributed by atoms with van der Waals surface area (Å²) in [6.07, 6.45) is -3.33. The highest BCUT2D eigenvalue weighted by Crippen LogP contribution is 2.29. The molecule has 3 aromatic heterocycles. The maximum Gasteiger partial charge on any atom is 0.471 e. The Morgan fingerprint density at radius 2 is 1.93 bits per heavy atom. The van der Waals surface area contributed by atoms with E-state index in [1.165, 1.54) is 24.4 Å². The third-order valence-electron chi connectivity index (χ3n) is 3.38. The van der Waals surface area contributed by atoms with Crippen LogP contribution in [0.2, 0.25) is 0 Å². The second-order valence-electron chi connectivity index (χ2n) is 5.60. The van der Waals surface area contributed by atoms with E-state index in [9.17, 15) is 26.4 Å². The number of aromatic nitrogens is 4. The van der Waals surface area contributed by atoms with Crippen LogP contribution >= 0.6 is 0 Å². The quantitative estimate of drug-likeness (QED) is 0.598. The smallest absolute Gasteiger partial charge is 0.444 e. The first kappa shape index (κ1) is 21.1. The van der Waals surface area contributed by atoms with Crippen molar-refractivity contribution in [1.82, 2.24) is 20.1 Å². The number of nitrogens with two attached hydrogens (primary N) is 1. The molecule has 0 aliphatic carbocycles. The molecule has 0 unspecified atom stereocenters. The molecule has 0 fully saturated rings.